The summed E-state index contributed by atoms with van der Waals surface area (Å²) in [6.45, 7) is 3.39. The van der Waals surface area contributed by atoms with Crippen molar-refractivity contribution in [3.8, 4) is 6.01 Å². The van der Waals surface area contributed by atoms with Gasteiger partial charge in [0.1, 0.15) is 6.04 Å². The summed E-state index contributed by atoms with van der Waals surface area (Å²) in [7, 11) is 1.44. The third kappa shape index (κ3) is 3.44. The van der Waals surface area contributed by atoms with E-state index in [4.69, 9.17) is 16.3 Å². The number of aromatic nitrogens is 3. The Labute approximate surface area is 116 Å². The van der Waals surface area contributed by atoms with Crippen LogP contribution < -0.4 is 10.1 Å². The highest BCUT2D eigenvalue weighted by Crippen LogP contribution is 2.14. The van der Waals surface area contributed by atoms with Gasteiger partial charge < -0.3 is 15.0 Å². The number of hydrogen-bond donors (Lipinski definition) is 1. The normalized spacial score (nSPS) is 16.3. The molecule has 1 saturated heterocycles. The number of rotatable bonds is 4. The first-order chi connectivity index (χ1) is 9.10. The Kier molecular flexibility index (Phi) is 4.36. The zero-order valence-electron chi connectivity index (χ0n) is 10.9. The highest BCUT2D eigenvalue weighted by Gasteiger charge is 2.23. The maximum atomic E-state index is 12.1. The predicted molar refractivity (Wildman–Crippen MR) is 70.3 cm³/mol. The Morgan fingerprint density at radius 1 is 1.37 bits per heavy atom. The predicted octanol–water partition coefficient (Wildman–Crippen LogP) is 0.956. The van der Waals surface area contributed by atoms with Gasteiger partial charge in [-0.3, -0.25) is 4.79 Å². The molecule has 0 aliphatic carbocycles. The second kappa shape index (κ2) is 6.01. The molecule has 1 aliphatic rings. The lowest BCUT2D eigenvalue weighted by Crippen LogP contribution is -2.40. The lowest BCUT2D eigenvalue weighted by molar-refractivity contribution is -0.130. The molecule has 2 rings (SSSR count). The first kappa shape index (κ1) is 13.8. The average molecular weight is 286 g/mol. The molecule has 0 saturated carbocycles. The van der Waals surface area contributed by atoms with Crippen LogP contribution in [0.3, 0.4) is 0 Å². The number of anilines is 1. The summed E-state index contributed by atoms with van der Waals surface area (Å²) in [5.74, 6) is 0.268. The standard InChI is InChI=1S/C11H16ClN5O2/c1-7(8(18)17-5-3-4-6-17)13-10-14-9(12)15-11(16-10)19-2/h7H,3-6H2,1-2H3,(H,13,14,15,16). The van der Waals surface area contributed by atoms with Gasteiger partial charge in [-0.15, -0.1) is 0 Å². The van der Waals surface area contributed by atoms with Crippen LogP contribution >= 0.6 is 11.6 Å². The van der Waals surface area contributed by atoms with E-state index in [0.29, 0.717) is 0 Å². The quantitative estimate of drug-likeness (QED) is 0.887. The fourth-order valence-electron chi connectivity index (χ4n) is 1.95. The molecule has 8 heteroatoms. The Bertz CT molecular complexity index is 464. The van der Waals surface area contributed by atoms with Crippen LogP contribution in [-0.2, 0) is 4.79 Å². The van der Waals surface area contributed by atoms with E-state index in [1.807, 2.05) is 4.90 Å². The molecule has 1 aliphatic heterocycles. The summed E-state index contributed by atoms with van der Waals surface area (Å²) in [5.41, 5.74) is 0. The van der Waals surface area contributed by atoms with Gasteiger partial charge in [-0.05, 0) is 31.4 Å². The molecule has 7 nitrogen and oxygen atoms in total. The van der Waals surface area contributed by atoms with Gasteiger partial charge in [0.2, 0.25) is 17.1 Å². The van der Waals surface area contributed by atoms with Crippen molar-refractivity contribution in [3.63, 3.8) is 0 Å². The third-order valence-corrected chi connectivity index (χ3v) is 3.07. The van der Waals surface area contributed by atoms with E-state index < -0.39 is 6.04 Å². The number of ether oxygens (including phenoxy) is 1. The second-order valence-corrected chi connectivity index (χ2v) is 4.65. The Morgan fingerprint density at radius 3 is 2.68 bits per heavy atom. The molecule has 1 aromatic rings. The third-order valence-electron chi connectivity index (χ3n) is 2.90. The highest BCUT2D eigenvalue weighted by atomic mass is 35.5. The zero-order chi connectivity index (χ0) is 13.8. The Hall–Kier alpha value is -1.63. The summed E-state index contributed by atoms with van der Waals surface area (Å²) in [6.07, 6.45) is 2.12. The zero-order valence-corrected chi connectivity index (χ0v) is 11.6. The molecule has 0 spiro atoms. The summed E-state index contributed by atoms with van der Waals surface area (Å²) >= 11 is 5.74. The van der Waals surface area contributed by atoms with E-state index in [2.05, 4.69) is 20.3 Å². The lowest BCUT2D eigenvalue weighted by atomic mass is 10.3. The molecule has 104 valence electrons. The smallest absolute Gasteiger partial charge is 0.322 e. The van der Waals surface area contributed by atoms with Crippen molar-refractivity contribution in [1.29, 1.82) is 0 Å². The minimum absolute atomic E-state index is 0.0233. The molecule has 1 N–H and O–H groups in total. The van der Waals surface area contributed by atoms with Crippen LogP contribution in [0.4, 0.5) is 5.95 Å². The molecule has 1 unspecified atom stereocenters. The van der Waals surface area contributed by atoms with Gasteiger partial charge in [-0.1, -0.05) is 0 Å². The molecule has 1 atom stereocenters. The highest BCUT2D eigenvalue weighted by molar-refractivity contribution is 6.28. The number of halogens is 1. The van der Waals surface area contributed by atoms with Crippen LogP contribution in [0.1, 0.15) is 19.8 Å². The second-order valence-electron chi connectivity index (χ2n) is 4.31. The summed E-state index contributed by atoms with van der Waals surface area (Å²) < 4.78 is 4.90. The number of carbonyl (C=O) groups excluding carboxylic acids is 1. The molecule has 1 aromatic heterocycles. The number of amides is 1. The fourth-order valence-corrected chi connectivity index (χ4v) is 2.11. The van der Waals surface area contributed by atoms with Crippen molar-refractivity contribution in [3.05, 3.63) is 5.28 Å². The van der Waals surface area contributed by atoms with Crippen LogP contribution in [0, 0.1) is 0 Å². The van der Waals surface area contributed by atoms with Crippen molar-refractivity contribution in [2.75, 3.05) is 25.5 Å². The molecule has 0 aromatic carbocycles. The maximum absolute atomic E-state index is 12.1. The van der Waals surface area contributed by atoms with Gasteiger partial charge in [0.05, 0.1) is 7.11 Å². The lowest BCUT2D eigenvalue weighted by Gasteiger charge is -2.21. The van der Waals surface area contributed by atoms with Gasteiger partial charge in [-0.2, -0.15) is 15.0 Å². The average Bonchev–Trinajstić information content (AvgIpc) is 2.90. The topological polar surface area (TPSA) is 80.2 Å². The summed E-state index contributed by atoms with van der Waals surface area (Å²) in [6, 6.07) is -0.301. The van der Waals surface area contributed by atoms with Gasteiger partial charge in [-0.25, -0.2) is 0 Å². The van der Waals surface area contributed by atoms with Crippen LogP contribution in [0.15, 0.2) is 0 Å². The van der Waals surface area contributed by atoms with Crippen LogP contribution in [-0.4, -0.2) is 52.0 Å². The maximum Gasteiger partial charge on any atom is 0.322 e. The molecular formula is C11H16ClN5O2. The van der Waals surface area contributed by atoms with E-state index in [-0.39, 0.29) is 23.1 Å². The van der Waals surface area contributed by atoms with Crippen LogP contribution in [0.25, 0.3) is 0 Å². The molecule has 2 heterocycles. The van der Waals surface area contributed by atoms with Crippen LogP contribution in [0.2, 0.25) is 5.28 Å². The van der Waals surface area contributed by atoms with Gasteiger partial charge in [0.25, 0.3) is 0 Å². The number of likely N-dealkylation sites (tertiary alicyclic amines) is 1. The number of hydrogen-bond acceptors (Lipinski definition) is 6. The minimum Gasteiger partial charge on any atom is -0.467 e. The summed E-state index contributed by atoms with van der Waals surface area (Å²) in [5, 5.41) is 2.94. The van der Waals surface area contributed by atoms with Crippen molar-refractivity contribution in [2.45, 2.75) is 25.8 Å². The monoisotopic (exact) mass is 285 g/mol. The van der Waals surface area contributed by atoms with Crippen molar-refractivity contribution in [1.82, 2.24) is 19.9 Å². The largest absolute Gasteiger partial charge is 0.467 e. The number of nitrogens with zero attached hydrogens (tertiary/aromatic N) is 4. The van der Waals surface area contributed by atoms with E-state index in [0.717, 1.165) is 25.9 Å². The Morgan fingerprint density at radius 2 is 2.05 bits per heavy atom. The number of nitrogens with one attached hydrogen (secondary N) is 1. The van der Waals surface area contributed by atoms with E-state index in [1.165, 1.54) is 7.11 Å². The SMILES string of the molecule is COc1nc(Cl)nc(NC(C)C(=O)N2CCCC2)n1. The summed E-state index contributed by atoms with van der Waals surface area (Å²) in [4.78, 5) is 25.6. The van der Waals surface area contributed by atoms with E-state index in [9.17, 15) is 4.79 Å². The van der Waals surface area contributed by atoms with Gasteiger partial charge in [0, 0.05) is 13.1 Å². The van der Waals surface area contributed by atoms with E-state index >= 15 is 0 Å². The van der Waals surface area contributed by atoms with E-state index in [1.54, 1.807) is 6.92 Å². The molecular weight excluding hydrogens is 270 g/mol. The number of carbonyl (C=O) groups is 1. The number of methoxy groups -OCH3 is 1. The molecule has 0 bridgehead atoms. The molecule has 0 radical (unpaired) electrons. The molecule has 19 heavy (non-hydrogen) atoms. The van der Waals surface area contributed by atoms with Crippen molar-refractivity contribution < 1.29 is 9.53 Å². The molecule has 1 fully saturated rings. The van der Waals surface area contributed by atoms with Gasteiger partial charge >= 0.3 is 6.01 Å². The minimum atomic E-state index is -0.415. The van der Waals surface area contributed by atoms with Crippen molar-refractivity contribution in [2.24, 2.45) is 0 Å². The van der Waals surface area contributed by atoms with Gasteiger partial charge in [0.15, 0.2) is 0 Å². The van der Waals surface area contributed by atoms with Crippen LogP contribution in [0.5, 0.6) is 6.01 Å². The first-order valence-corrected chi connectivity index (χ1v) is 6.49. The fraction of sp³-hybridized carbons (Fsp3) is 0.636. The Balaban J connectivity index is 2.03. The first-order valence-electron chi connectivity index (χ1n) is 6.11. The molecule has 1 amide bonds. The van der Waals surface area contributed by atoms with Crippen molar-refractivity contribution >= 4 is 23.5 Å².